The summed E-state index contributed by atoms with van der Waals surface area (Å²) >= 11 is 11.8. The Bertz CT molecular complexity index is 393. The molecule has 1 unspecified atom stereocenters. The second-order valence-corrected chi connectivity index (χ2v) is 5.15. The van der Waals surface area contributed by atoms with Crippen LogP contribution in [0.2, 0.25) is 10.0 Å². The molecule has 1 aromatic rings. The quantitative estimate of drug-likeness (QED) is 0.844. The van der Waals surface area contributed by atoms with Crippen LogP contribution in [0, 0.1) is 5.92 Å². The molecule has 1 aromatic carbocycles. The van der Waals surface area contributed by atoms with Crippen LogP contribution in [0.3, 0.4) is 0 Å². The van der Waals surface area contributed by atoms with Crippen molar-refractivity contribution in [1.29, 1.82) is 0 Å². The Balaban J connectivity index is 0.00000324. The molecule has 19 heavy (non-hydrogen) atoms. The Morgan fingerprint density at radius 2 is 1.84 bits per heavy atom. The fraction of sp³-hybridized carbons (Fsp3) is 0.462. The lowest BCUT2D eigenvalue weighted by Crippen LogP contribution is -2.35. The molecule has 0 spiro atoms. The Morgan fingerprint density at radius 3 is 2.37 bits per heavy atom. The first-order chi connectivity index (χ1) is 8.52. The van der Waals surface area contributed by atoms with E-state index in [0.717, 1.165) is 12.0 Å². The summed E-state index contributed by atoms with van der Waals surface area (Å²) in [5, 5.41) is 7.10. The van der Waals surface area contributed by atoms with Crippen molar-refractivity contribution >= 4 is 41.5 Å². The summed E-state index contributed by atoms with van der Waals surface area (Å²) in [4.78, 5) is 11.7. The van der Waals surface area contributed by atoms with E-state index in [2.05, 4.69) is 10.6 Å². The minimum absolute atomic E-state index is 0. The molecule has 1 atom stereocenters. The van der Waals surface area contributed by atoms with Gasteiger partial charge < -0.3 is 10.6 Å². The van der Waals surface area contributed by atoms with Crippen LogP contribution in [0.5, 0.6) is 0 Å². The van der Waals surface area contributed by atoms with Gasteiger partial charge in [-0.2, -0.15) is 0 Å². The lowest BCUT2D eigenvalue weighted by molar-refractivity contribution is -0.124. The normalized spacial score (nSPS) is 11.6. The molecule has 0 aliphatic heterocycles. The first kappa shape index (κ1) is 18.5. The predicted molar refractivity (Wildman–Crippen MR) is 83.5 cm³/mol. The van der Waals surface area contributed by atoms with Gasteiger partial charge in [-0.1, -0.05) is 30.1 Å². The molecule has 1 amide bonds. The summed E-state index contributed by atoms with van der Waals surface area (Å²) in [5.41, 5.74) is 1.02. The second-order valence-electron chi connectivity index (χ2n) is 4.28. The van der Waals surface area contributed by atoms with E-state index >= 15 is 0 Å². The summed E-state index contributed by atoms with van der Waals surface area (Å²) in [6.45, 7) is 3.15. The maximum atomic E-state index is 11.7. The standard InChI is InChI=1S/C13H18Cl2N2O.ClH/c1-9(8-16-2)13(18)17-4-3-10-5-11(14)7-12(15)6-10;/h5-7,9,16H,3-4,8H2,1-2H3,(H,17,18);1H. The second kappa shape index (κ2) is 9.43. The van der Waals surface area contributed by atoms with E-state index in [-0.39, 0.29) is 24.2 Å². The fourth-order valence-electron chi connectivity index (χ4n) is 1.66. The van der Waals surface area contributed by atoms with Gasteiger partial charge in [0.2, 0.25) is 5.91 Å². The van der Waals surface area contributed by atoms with Crippen LogP contribution in [0.1, 0.15) is 12.5 Å². The van der Waals surface area contributed by atoms with Crippen molar-refractivity contribution < 1.29 is 4.79 Å². The average Bonchev–Trinajstić information content (AvgIpc) is 2.27. The molecule has 0 fully saturated rings. The zero-order valence-electron chi connectivity index (χ0n) is 11.0. The number of hydrogen-bond donors (Lipinski definition) is 2. The summed E-state index contributed by atoms with van der Waals surface area (Å²) in [5.74, 6) is 0.0235. The molecule has 0 saturated carbocycles. The third-order valence-electron chi connectivity index (χ3n) is 2.59. The fourth-order valence-corrected chi connectivity index (χ4v) is 2.23. The molecule has 0 aromatic heterocycles. The molecule has 0 saturated heterocycles. The van der Waals surface area contributed by atoms with E-state index in [0.29, 0.717) is 23.1 Å². The van der Waals surface area contributed by atoms with E-state index in [1.165, 1.54) is 0 Å². The zero-order valence-corrected chi connectivity index (χ0v) is 13.3. The average molecular weight is 326 g/mol. The van der Waals surface area contributed by atoms with Gasteiger partial charge in [0.05, 0.1) is 0 Å². The summed E-state index contributed by atoms with van der Waals surface area (Å²) in [7, 11) is 1.83. The van der Waals surface area contributed by atoms with Crippen LogP contribution in [0.25, 0.3) is 0 Å². The summed E-state index contributed by atoms with van der Waals surface area (Å²) in [6.07, 6.45) is 0.721. The van der Waals surface area contributed by atoms with E-state index in [4.69, 9.17) is 23.2 Å². The topological polar surface area (TPSA) is 41.1 Å². The van der Waals surface area contributed by atoms with Crippen LogP contribution in [0.4, 0.5) is 0 Å². The molecule has 2 N–H and O–H groups in total. The highest BCUT2D eigenvalue weighted by Gasteiger charge is 2.10. The number of amides is 1. The van der Waals surface area contributed by atoms with Crippen LogP contribution in [-0.4, -0.2) is 26.0 Å². The number of carbonyl (C=O) groups excluding carboxylic acids is 1. The lowest BCUT2D eigenvalue weighted by Gasteiger charge is -2.11. The summed E-state index contributed by atoms with van der Waals surface area (Å²) in [6, 6.07) is 5.41. The minimum atomic E-state index is -0.0297. The Morgan fingerprint density at radius 1 is 1.26 bits per heavy atom. The summed E-state index contributed by atoms with van der Waals surface area (Å²) < 4.78 is 0. The lowest BCUT2D eigenvalue weighted by atomic mass is 10.1. The van der Waals surface area contributed by atoms with Crippen LogP contribution in [0.15, 0.2) is 18.2 Å². The Hall–Kier alpha value is -0.480. The van der Waals surface area contributed by atoms with Crippen LogP contribution < -0.4 is 10.6 Å². The Labute approximate surface area is 130 Å². The van der Waals surface area contributed by atoms with E-state index in [1.54, 1.807) is 6.07 Å². The maximum absolute atomic E-state index is 11.7. The molecule has 0 aliphatic rings. The number of benzene rings is 1. The van der Waals surface area contributed by atoms with Crippen molar-refractivity contribution in [2.24, 2.45) is 5.92 Å². The maximum Gasteiger partial charge on any atom is 0.224 e. The minimum Gasteiger partial charge on any atom is -0.355 e. The molecular formula is C13H19Cl3N2O. The molecule has 0 heterocycles. The Kier molecular flexibility index (Phi) is 9.19. The number of nitrogens with one attached hydrogen (secondary N) is 2. The number of rotatable bonds is 6. The van der Waals surface area contributed by atoms with Gasteiger partial charge in [0.1, 0.15) is 0 Å². The van der Waals surface area contributed by atoms with Gasteiger partial charge in [-0.05, 0) is 37.2 Å². The van der Waals surface area contributed by atoms with Crippen molar-refractivity contribution in [1.82, 2.24) is 10.6 Å². The number of hydrogen-bond acceptors (Lipinski definition) is 2. The van der Waals surface area contributed by atoms with Gasteiger partial charge in [-0.15, -0.1) is 12.4 Å². The molecule has 0 aliphatic carbocycles. The smallest absolute Gasteiger partial charge is 0.224 e. The van der Waals surface area contributed by atoms with Crippen molar-refractivity contribution in [2.75, 3.05) is 20.1 Å². The van der Waals surface area contributed by atoms with Gasteiger partial charge in [-0.25, -0.2) is 0 Å². The van der Waals surface area contributed by atoms with Gasteiger partial charge >= 0.3 is 0 Å². The van der Waals surface area contributed by atoms with Gasteiger partial charge in [-0.3, -0.25) is 4.79 Å². The molecule has 0 radical (unpaired) electrons. The molecule has 3 nitrogen and oxygen atoms in total. The largest absolute Gasteiger partial charge is 0.355 e. The SMILES string of the molecule is CNCC(C)C(=O)NCCc1cc(Cl)cc(Cl)c1.Cl. The van der Waals surface area contributed by atoms with E-state index in [9.17, 15) is 4.79 Å². The van der Waals surface area contributed by atoms with Crippen LogP contribution in [-0.2, 0) is 11.2 Å². The zero-order chi connectivity index (χ0) is 13.5. The molecule has 6 heteroatoms. The number of halogens is 3. The van der Waals surface area contributed by atoms with Crippen molar-refractivity contribution in [3.63, 3.8) is 0 Å². The first-order valence-electron chi connectivity index (χ1n) is 5.90. The van der Waals surface area contributed by atoms with Crippen molar-refractivity contribution in [3.05, 3.63) is 33.8 Å². The highest BCUT2D eigenvalue weighted by molar-refractivity contribution is 6.34. The van der Waals surface area contributed by atoms with Crippen molar-refractivity contribution in [2.45, 2.75) is 13.3 Å². The first-order valence-corrected chi connectivity index (χ1v) is 6.66. The highest BCUT2D eigenvalue weighted by Crippen LogP contribution is 2.19. The van der Waals surface area contributed by atoms with E-state index in [1.807, 2.05) is 26.1 Å². The van der Waals surface area contributed by atoms with Gasteiger partial charge in [0, 0.05) is 29.1 Å². The molecule has 0 bridgehead atoms. The van der Waals surface area contributed by atoms with Gasteiger partial charge in [0.25, 0.3) is 0 Å². The molecule has 1 rings (SSSR count). The monoisotopic (exact) mass is 324 g/mol. The highest BCUT2D eigenvalue weighted by atomic mass is 35.5. The van der Waals surface area contributed by atoms with Gasteiger partial charge in [0.15, 0.2) is 0 Å². The third kappa shape index (κ3) is 7.02. The van der Waals surface area contributed by atoms with Crippen molar-refractivity contribution in [3.8, 4) is 0 Å². The predicted octanol–water partition coefficient (Wildman–Crippen LogP) is 2.93. The van der Waals surface area contributed by atoms with E-state index < -0.39 is 0 Å². The van der Waals surface area contributed by atoms with Crippen LogP contribution >= 0.6 is 35.6 Å². The molecule has 108 valence electrons. The molecular weight excluding hydrogens is 307 g/mol. The number of carbonyl (C=O) groups is 1. The third-order valence-corrected chi connectivity index (χ3v) is 3.03.